The number of allylic oxidation sites excluding steroid dienone is 4. The van der Waals surface area contributed by atoms with E-state index >= 15 is 0 Å². The van der Waals surface area contributed by atoms with Crippen LogP contribution in [0.1, 0.15) is 61.0 Å². The van der Waals surface area contributed by atoms with Crippen LogP contribution >= 0.6 is 15.9 Å². The van der Waals surface area contributed by atoms with E-state index in [1.807, 2.05) is 6.08 Å². The number of aromatic carboxylic acids is 1. The Morgan fingerprint density at radius 3 is 2.69 bits per heavy atom. The zero-order valence-corrected chi connectivity index (χ0v) is 16.1. The van der Waals surface area contributed by atoms with E-state index in [4.69, 9.17) is 0 Å². The quantitative estimate of drug-likeness (QED) is 0.561. The maximum Gasteiger partial charge on any atom is 0.335 e. The highest BCUT2D eigenvalue weighted by atomic mass is 79.9. The van der Waals surface area contributed by atoms with Gasteiger partial charge in [-0.1, -0.05) is 41.6 Å². The molecule has 2 N–H and O–H groups in total. The fourth-order valence-corrected chi connectivity index (χ4v) is 4.32. The molecule has 0 amide bonds. The number of carboxylic acid groups (broad SMARTS) is 1. The largest absolute Gasteiger partial charge is 0.478 e. The standard InChI is InChI=1S/C20H22BrN3O2/c21-17-10-14(18-11-13(20(25)26)7-8-23-18)9-15(12-22)19(17)24-16-5-3-1-2-4-6-16/h7-9,11,16-17,24H,1-6,10H2,(H,25,26). The molecular formula is C20H22BrN3O2. The molecule has 1 fully saturated rings. The Kier molecular flexibility index (Phi) is 6.10. The van der Waals surface area contributed by atoms with Gasteiger partial charge in [0, 0.05) is 17.9 Å². The van der Waals surface area contributed by atoms with E-state index in [1.165, 1.54) is 37.9 Å². The van der Waals surface area contributed by atoms with Crippen LogP contribution in [0.3, 0.4) is 0 Å². The van der Waals surface area contributed by atoms with Gasteiger partial charge in [-0.2, -0.15) is 5.26 Å². The van der Waals surface area contributed by atoms with Gasteiger partial charge in [0.05, 0.1) is 21.7 Å². The predicted molar refractivity (Wildman–Crippen MR) is 104 cm³/mol. The van der Waals surface area contributed by atoms with E-state index in [2.05, 4.69) is 32.3 Å². The normalized spacial score (nSPS) is 21.5. The van der Waals surface area contributed by atoms with Crippen LogP contribution in [-0.2, 0) is 0 Å². The summed E-state index contributed by atoms with van der Waals surface area (Å²) in [5.41, 5.74) is 3.22. The number of aromatic nitrogens is 1. The van der Waals surface area contributed by atoms with Crippen LogP contribution in [0.2, 0.25) is 0 Å². The van der Waals surface area contributed by atoms with Gasteiger partial charge in [0.25, 0.3) is 0 Å². The summed E-state index contributed by atoms with van der Waals surface area (Å²) >= 11 is 3.71. The number of carbonyl (C=O) groups is 1. The molecule has 0 aromatic carbocycles. The fraction of sp³-hybridized carbons (Fsp3) is 0.450. The number of nitrogens with zero attached hydrogens (tertiary/aromatic N) is 2. The zero-order chi connectivity index (χ0) is 18.5. The summed E-state index contributed by atoms with van der Waals surface area (Å²) in [5, 5.41) is 22.4. The molecule has 1 atom stereocenters. The first kappa shape index (κ1) is 18.7. The van der Waals surface area contributed by atoms with E-state index in [-0.39, 0.29) is 10.4 Å². The first-order valence-corrected chi connectivity index (χ1v) is 9.95. The minimum atomic E-state index is -0.979. The van der Waals surface area contributed by atoms with Crippen molar-refractivity contribution < 1.29 is 9.90 Å². The Balaban J connectivity index is 1.88. The van der Waals surface area contributed by atoms with Crippen LogP contribution in [0, 0.1) is 11.3 Å². The highest BCUT2D eigenvalue weighted by Gasteiger charge is 2.26. The number of alkyl halides is 1. The zero-order valence-electron chi connectivity index (χ0n) is 14.5. The summed E-state index contributed by atoms with van der Waals surface area (Å²) in [5.74, 6) is -0.979. The van der Waals surface area contributed by atoms with Crippen molar-refractivity contribution in [3.05, 3.63) is 46.9 Å². The second-order valence-corrected chi connectivity index (χ2v) is 7.95. The summed E-state index contributed by atoms with van der Waals surface area (Å²) in [4.78, 5) is 15.5. The Labute approximate surface area is 162 Å². The Morgan fingerprint density at radius 1 is 1.31 bits per heavy atom. The molecule has 1 aromatic heterocycles. The first-order chi connectivity index (χ1) is 12.6. The third kappa shape index (κ3) is 4.34. The number of hydrogen-bond donors (Lipinski definition) is 2. The lowest BCUT2D eigenvalue weighted by Gasteiger charge is -2.27. The molecule has 0 spiro atoms. The van der Waals surface area contributed by atoms with Gasteiger partial charge in [-0.3, -0.25) is 4.98 Å². The van der Waals surface area contributed by atoms with Gasteiger partial charge in [0.1, 0.15) is 6.07 Å². The molecule has 0 bridgehead atoms. The van der Waals surface area contributed by atoms with Crippen LogP contribution in [0.25, 0.3) is 5.57 Å². The maximum absolute atomic E-state index is 11.2. The number of halogens is 1. The van der Waals surface area contributed by atoms with Gasteiger partial charge >= 0.3 is 5.97 Å². The van der Waals surface area contributed by atoms with Gasteiger partial charge in [-0.25, -0.2) is 4.79 Å². The van der Waals surface area contributed by atoms with E-state index < -0.39 is 5.97 Å². The lowest BCUT2D eigenvalue weighted by atomic mass is 9.93. The molecule has 2 aliphatic rings. The number of hydrogen-bond acceptors (Lipinski definition) is 4. The average molecular weight is 416 g/mol. The molecule has 6 heteroatoms. The minimum absolute atomic E-state index is 0.00399. The van der Waals surface area contributed by atoms with Crippen LogP contribution in [0.15, 0.2) is 35.7 Å². The molecule has 5 nitrogen and oxygen atoms in total. The van der Waals surface area contributed by atoms with Gasteiger partial charge in [-0.05, 0) is 43.0 Å². The molecule has 1 saturated carbocycles. The summed E-state index contributed by atoms with van der Waals surface area (Å²) in [6, 6.07) is 5.74. The second-order valence-electron chi connectivity index (χ2n) is 6.85. The summed E-state index contributed by atoms with van der Waals surface area (Å²) in [6.45, 7) is 0. The molecule has 136 valence electrons. The smallest absolute Gasteiger partial charge is 0.335 e. The number of nitriles is 1. The van der Waals surface area contributed by atoms with E-state index in [0.29, 0.717) is 23.7 Å². The minimum Gasteiger partial charge on any atom is -0.478 e. The van der Waals surface area contributed by atoms with Gasteiger partial charge < -0.3 is 10.4 Å². The van der Waals surface area contributed by atoms with Gasteiger partial charge in [0.15, 0.2) is 0 Å². The lowest BCUT2D eigenvalue weighted by molar-refractivity contribution is 0.0696. The van der Waals surface area contributed by atoms with Gasteiger partial charge in [-0.15, -0.1) is 0 Å². The topological polar surface area (TPSA) is 86.0 Å². The maximum atomic E-state index is 11.2. The predicted octanol–water partition coefficient (Wildman–Crippen LogP) is 4.42. The molecule has 2 aliphatic carbocycles. The van der Waals surface area contributed by atoms with Crippen LogP contribution in [0.4, 0.5) is 0 Å². The van der Waals surface area contributed by atoms with Crippen molar-refractivity contribution >= 4 is 27.5 Å². The molecule has 0 saturated heterocycles. The average Bonchev–Trinajstić information content (AvgIpc) is 2.92. The summed E-state index contributed by atoms with van der Waals surface area (Å²) in [7, 11) is 0. The number of carboxylic acids is 1. The fourth-order valence-electron chi connectivity index (χ4n) is 3.60. The third-order valence-electron chi connectivity index (χ3n) is 4.99. The molecule has 0 aliphatic heterocycles. The molecule has 1 heterocycles. The van der Waals surface area contributed by atoms with Gasteiger partial charge in [0.2, 0.25) is 0 Å². The van der Waals surface area contributed by atoms with Crippen molar-refractivity contribution in [1.29, 1.82) is 5.26 Å². The molecule has 1 unspecified atom stereocenters. The van der Waals surface area contributed by atoms with Crippen molar-refractivity contribution in [2.45, 2.75) is 55.8 Å². The Bertz CT molecular complexity index is 786. The van der Waals surface area contributed by atoms with Crippen LogP contribution < -0.4 is 5.32 Å². The molecular weight excluding hydrogens is 394 g/mol. The lowest BCUT2D eigenvalue weighted by Crippen LogP contribution is -2.33. The summed E-state index contributed by atoms with van der Waals surface area (Å²) in [6.07, 6.45) is 11.3. The van der Waals surface area contributed by atoms with E-state index in [0.717, 1.165) is 24.1 Å². The van der Waals surface area contributed by atoms with Crippen molar-refractivity contribution in [2.24, 2.45) is 0 Å². The van der Waals surface area contributed by atoms with Crippen LogP contribution in [-0.4, -0.2) is 26.9 Å². The molecule has 3 rings (SSSR count). The number of nitrogens with one attached hydrogen (secondary N) is 1. The molecule has 1 aromatic rings. The highest BCUT2D eigenvalue weighted by Crippen LogP contribution is 2.34. The Morgan fingerprint density at radius 2 is 2.04 bits per heavy atom. The van der Waals surface area contributed by atoms with Crippen molar-refractivity contribution in [2.75, 3.05) is 0 Å². The first-order valence-electron chi connectivity index (χ1n) is 9.03. The van der Waals surface area contributed by atoms with E-state index in [1.54, 1.807) is 6.07 Å². The molecule has 26 heavy (non-hydrogen) atoms. The van der Waals surface area contributed by atoms with Crippen molar-refractivity contribution in [1.82, 2.24) is 10.3 Å². The number of rotatable bonds is 4. The molecule has 0 radical (unpaired) electrons. The highest BCUT2D eigenvalue weighted by molar-refractivity contribution is 9.09. The van der Waals surface area contributed by atoms with Crippen LogP contribution in [0.5, 0.6) is 0 Å². The van der Waals surface area contributed by atoms with Crippen molar-refractivity contribution in [3.8, 4) is 6.07 Å². The number of pyridine rings is 1. The third-order valence-corrected chi connectivity index (χ3v) is 5.77. The van der Waals surface area contributed by atoms with E-state index in [9.17, 15) is 15.2 Å². The second kappa shape index (κ2) is 8.50. The van der Waals surface area contributed by atoms with Crippen molar-refractivity contribution in [3.63, 3.8) is 0 Å². The summed E-state index contributed by atoms with van der Waals surface area (Å²) < 4.78 is 0. The Hall–Kier alpha value is -2.13. The monoisotopic (exact) mass is 415 g/mol. The SMILES string of the molecule is N#CC1=C(NC2CCCCCC2)C(Br)CC(c2cc(C(=O)O)ccn2)=C1.